The fourth-order valence-electron chi connectivity index (χ4n) is 3.53. The van der Waals surface area contributed by atoms with E-state index in [9.17, 15) is 9.90 Å². The molecule has 3 atom stereocenters. The lowest BCUT2D eigenvalue weighted by molar-refractivity contribution is -0.143. The van der Waals surface area contributed by atoms with E-state index in [0.29, 0.717) is 32.6 Å². The minimum atomic E-state index is -0.291. The highest BCUT2D eigenvalue weighted by Gasteiger charge is 2.39. The lowest BCUT2D eigenvalue weighted by Crippen LogP contribution is -2.53. The number of nitrogens with zero attached hydrogens (tertiary/aromatic N) is 1. The molecule has 2 fully saturated rings. The van der Waals surface area contributed by atoms with Crippen molar-refractivity contribution in [3.05, 3.63) is 24.2 Å². The highest BCUT2D eigenvalue weighted by atomic mass is 16.5. The van der Waals surface area contributed by atoms with E-state index >= 15 is 0 Å². The molecule has 116 valence electrons. The Hall–Kier alpha value is -1.33. The molecule has 2 heterocycles. The van der Waals surface area contributed by atoms with Gasteiger partial charge in [0.25, 0.3) is 0 Å². The van der Waals surface area contributed by atoms with E-state index in [1.807, 2.05) is 11.0 Å². The summed E-state index contributed by atoms with van der Waals surface area (Å²) in [7, 11) is 0. The predicted octanol–water partition coefficient (Wildman–Crippen LogP) is 1.60. The minimum Gasteiger partial charge on any atom is -0.472 e. The van der Waals surface area contributed by atoms with Crippen LogP contribution >= 0.6 is 0 Å². The number of amides is 1. The van der Waals surface area contributed by atoms with Gasteiger partial charge in [-0.15, -0.1) is 0 Å². The fraction of sp³-hybridized carbons (Fsp3) is 0.688. The molecular weight excluding hydrogens is 270 g/mol. The molecule has 1 aromatic rings. The lowest BCUT2D eigenvalue weighted by atomic mass is 9.94. The molecule has 1 amide bonds. The van der Waals surface area contributed by atoms with Crippen LogP contribution in [0.25, 0.3) is 0 Å². The quantitative estimate of drug-likeness (QED) is 0.916. The summed E-state index contributed by atoms with van der Waals surface area (Å²) in [5.74, 6) is 0.326. The molecule has 0 unspecified atom stereocenters. The highest BCUT2D eigenvalue weighted by molar-refractivity contribution is 5.77. The van der Waals surface area contributed by atoms with Crippen LogP contribution in [0, 0.1) is 5.92 Å². The molecule has 2 aliphatic rings. The van der Waals surface area contributed by atoms with Gasteiger partial charge in [0.15, 0.2) is 0 Å². The number of hydrogen-bond donors (Lipinski definition) is 1. The summed E-state index contributed by atoms with van der Waals surface area (Å²) in [6.45, 7) is 1.79. The Labute approximate surface area is 124 Å². The number of furan rings is 1. The molecule has 1 saturated heterocycles. The summed E-state index contributed by atoms with van der Waals surface area (Å²) in [5, 5.41) is 10.1. The summed E-state index contributed by atoms with van der Waals surface area (Å²) in [6, 6.07) is 1.93. The van der Waals surface area contributed by atoms with Gasteiger partial charge in [0.05, 0.1) is 37.9 Å². The Morgan fingerprint density at radius 2 is 2.33 bits per heavy atom. The number of ether oxygens (including phenoxy) is 1. The molecule has 5 heteroatoms. The third-order valence-corrected chi connectivity index (χ3v) is 4.72. The van der Waals surface area contributed by atoms with Gasteiger partial charge in [-0.2, -0.15) is 0 Å². The number of aryl methyl sites for hydroxylation is 1. The monoisotopic (exact) mass is 293 g/mol. The molecule has 21 heavy (non-hydrogen) atoms. The maximum atomic E-state index is 12.5. The number of aliphatic hydroxyl groups excluding tert-OH is 1. The largest absolute Gasteiger partial charge is 0.472 e. The van der Waals surface area contributed by atoms with Crippen LogP contribution in [0.15, 0.2) is 23.0 Å². The molecule has 5 nitrogen and oxygen atoms in total. The van der Waals surface area contributed by atoms with E-state index in [4.69, 9.17) is 9.15 Å². The van der Waals surface area contributed by atoms with Crippen LogP contribution in [0.3, 0.4) is 0 Å². The average Bonchev–Trinajstić information content (AvgIpc) is 3.16. The molecule has 0 aromatic carbocycles. The van der Waals surface area contributed by atoms with Gasteiger partial charge in [-0.1, -0.05) is 6.42 Å². The van der Waals surface area contributed by atoms with Crippen molar-refractivity contribution in [1.29, 1.82) is 0 Å². The van der Waals surface area contributed by atoms with E-state index in [2.05, 4.69) is 0 Å². The molecule has 0 spiro atoms. The van der Waals surface area contributed by atoms with Crippen LogP contribution in [0.4, 0.5) is 0 Å². The van der Waals surface area contributed by atoms with Crippen molar-refractivity contribution in [3.63, 3.8) is 0 Å². The molecule has 1 saturated carbocycles. The Balaban J connectivity index is 1.61. The van der Waals surface area contributed by atoms with Gasteiger partial charge in [0, 0.05) is 18.9 Å². The molecule has 0 bridgehead atoms. The first-order valence-corrected chi connectivity index (χ1v) is 7.82. The minimum absolute atomic E-state index is 0.0353. The van der Waals surface area contributed by atoms with Gasteiger partial charge in [0.2, 0.25) is 5.91 Å². The normalized spacial score (nSPS) is 29.8. The summed E-state index contributed by atoms with van der Waals surface area (Å²) in [5.41, 5.74) is 1.05. The van der Waals surface area contributed by atoms with Gasteiger partial charge in [0.1, 0.15) is 0 Å². The molecule has 1 N–H and O–H groups in total. The fourth-order valence-corrected chi connectivity index (χ4v) is 3.53. The van der Waals surface area contributed by atoms with Crippen LogP contribution < -0.4 is 0 Å². The van der Waals surface area contributed by atoms with Crippen molar-refractivity contribution in [2.75, 3.05) is 19.8 Å². The third-order valence-electron chi connectivity index (χ3n) is 4.72. The van der Waals surface area contributed by atoms with E-state index in [1.165, 1.54) is 0 Å². The molecule has 0 radical (unpaired) electrons. The van der Waals surface area contributed by atoms with Gasteiger partial charge in [-0.25, -0.2) is 0 Å². The maximum absolute atomic E-state index is 12.5. The standard InChI is InChI=1S/C16H23NO4/c18-15-3-1-2-13(15)14-11-21-9-7-17(14)16(19)5-4-12-6-8-20-10-12/h6,8,10,13-15,18H,1-5,7,9,11H2/t13-,14-,15-/m1/s1. The molecule has 1 aromatic heterocycles. The summed E-state index contributed by atoms with van der Waals surface area (Å²) >= 11 is 0. The van der Waals surface area contributed by atoms with Crippen molar-refractivity contribution in [2.24, 2.45) is 5.92 Å². The number of rotatable bonds is 4. The van der Waals surface area contributed by atoms with Crippen molar-refractivity contribution >= 4 is 5.91 Å². The van der Waals surface area contributed by atoms with Crippen molar-refractivity contribution in [1.82, 2.24) is 4.90 Å². The Kier molecular flexibility index (Phi) is 4.60. The topological polar surface area (TPSA) is 62.9 Å². The zero-order chi connectivity index (χ0) is 14.7. The second-order valence-corrected chi connectivity index (χ2v) is 6.02. The first kappa shape index (κ1) is 14.6. The smallest absolute Gasteiger partial charge is 0.223 e. The highest BCUT2D eigenvalue weighted by Crippen LogP contribution is 2.32. The second-order valence-electron chi connectivity index (χ2n) is 6.02. The van der Waals surface area contributed by atoms with Crippen molar-refractivity contribution in [3.8, 4) is 0 Å². The van der Waals surface area contributed by atoms with Crippen molar-refractivity contribution in [2.45, 2.75) is 44.2 Å². The average molecular weight is 293 g/mol. The van der Waals surface area contributed by atoms with E-state index < -0.39 is 0 Å². The van der Waals surface area contributed by atoms with E-state index in [1.54, 1.807) is 12.5 Å². The number of hydrogen-bond acceptors (Lipinski definition) is 4. The van der Waals surface area contributed by atoms with Gasteiger partial charge in [-0.3, -0.25) is 4.79 Å². The molecule has 1 aliphatic heterocycles. The van der Waals surface area contributed by atoms with Gasteiger partial charge in [-0.05, 0) is 30.9 Å². The summed E-state index contributed by atoms with van der Waals surface area (Å²) < 4.78 is 10.6. The molecule has 1 aliphatic carbocycles. The van der Waals surface area contributed by atoms with Crippen LogP contribution in [0.1, 0.15) is 31.2 Å². The van der Waals surface area contributed by atoms with Crippen molar-refractivity contribution < 1.29 is 19.1 Å². The number of carbonyl (C=O) groups is 1. The maximum Gasteiger partial charge on any atom is 0.223 e. The molecular formula is C16H23NO4. The first-order chi connectivity index (χ1) is 10.3. The number of carbonyl (C=O) groups excluding carboxylic acids is 1. The Morgan fingerprint density at radius 3 is 3.05 bits per heavy atom. The zero-order valence-electron chi connectivity index (χ0n) is 12.2. The predicted molar refractivity (Wildman–Crippen MR) is 76.7 cm³/mol. The Morgan fingerprint density at radius 1 is 1.43 bits per heavy atom. The van der Waals surface area contributed by atoms with Crippen LogP contribution in [0.5, 0.6) is 0 Å². The SMILES string of the molecule is O=C(CCc1ccoc1)N1CCOC[C@@H]1[C@H]1CCC[C@H]1O. The van der Waals surface area contributed by atoms with E-state index in [0.717, 1.165) is 24.8 Å². The lowest BCUT2D eigenvalue weighted by Gasteiger charge is -2.40. The van der Waals surface area contributed by atoms with Crippen LogP contribution in [0.2, 0.25) is 0 Å². The van der Waals surface area contributed by atoms with E-state index in [-0.39, 0.29) is 24.0 Å². The number of aliphatic hydroxyl groups is 1. The number of morpholine rings is 1. The van der Waals surface area contributed by atoms with Crippen LogP contribution in [-0.2, 0) is 16.0 Å². The summed E-state index contributed by atoms with van der Waals surface area (Å²) in [4.78, 5) is 14.5. The van der Waals surface area contributed by atoms with Gasteiger partial charge < -0.3 is 19.2 Å². The first-order valence-electron chi connectivity index (χ1n) is 7.82. The zero-order valence-corrected chi connectivity index (χ0v) is 12.2. The van der Waals surface area contributed by atoms with Crippen LogP contribution in [-0.4, -0.2) is 47.8 Å². The third kappa shape index (κ3) is 3.30. The summed E-state index contributed by atoms with van der Waals surface area (Å²) in [6.07, 6.45) is 7.08. The molecule has 3 rings (SSSR count). The second kappa shape index (κ2) is 6.62. The van der Waals surface area contributed by atoms with Gasteiger partial charge >= 0.3 is 0 Å². The Bertz CT molecular complexity index is 459.